The number of hydrogen-bond donors (Lipinski definition) is 1. The van der Waals surface area contributed by atoms with Gasteiger partial charge in [-0.2, -0.15) is 0 Å². The molecule has 29 heavy (non-hydrogen) atoms. The zero-order valence-corrected chi connectivity index (χ0v) is 15.7. The molecule has 1 amide bonds. The maximum atomic E-state index is 12.2. The highest BCUT2D eigenvalue weighted by molar-refractivity contribution is 5.86. The molecule has 0 unspecified atom stereocenters. The van der Waals surface area contributed by atoms with Gasteiger partial charge in [-0.25, -0.2) is 4.79 Å². The Hall–Kier alpha value is -3.94. The minimum absolute atomic E-state index is 0.0213. The van der Waals surface area contributed by atoms with Gasteiger partial charge in [-0.3, -0.25) is 5.32 Å². The van der Waals surface area contributed by atoms with Crippen LogP contribution in [0.2, 0.25) is 0 Å². The fraction of sp³-hybridized carbons (Fsp3) is 0.143. The third-order valence-electron chi connectivity index (χ3n) is 4.16. The summed E-state index contributed by atoms with van der Waals surface area (Å²) in [5.74, 6) is -0.309. The number of aryl methyl sites for hydroxylation is 1. The molecular formula is C21H19N3O5. The third-order valence-corrected chi connectivity index (χ3v) is 4.16. The zero-order valence-electron chi connectivity index (χ0n) is 15.7. The van der Waals surface area contributed by atoms with Crippen LogP contribution in [-0.2, 0) is 18.0 Å². The molecule has 3 aromatic rings. The van der Waals surface area contributed by atoms with E-state index in [1.54, 1.807) is 18.2 Å². The van der Waals surface area contributed by atoms with Crippen LogP contribution in [0.15, 0.2) is 66.9 Å². The summed E-state index contributed by atoms with van der Waals surface area (Å²) in [6.45, 7) is 2.02. The highest BCUT2D eigenvalue weighted by Gasteiger charge is 2.17. The normalized spacial score (nSPS) is 10.2. The largest absolute Gasteiger partial charge is 0.481 e. The Morgan fingerprint density at radius 1 is 1.07 bits per heavy atom. The highest BCUT2D eigenvalue weighted by atomic mass is 16.6. The van der Waals surface area contributed by atoms with Crippen molar-refractivity contribution >= 4 is 17.6 Å². The van der Waals surface area contributed by atoms with Crippen molar-refractivity contribution in [2.45, 2.75) is 20.1 Å². The predicted octanol–water partition coefficient (Wildman–Crippen LogP) is 4.63. The van der Waals surface area contributed by atoms with Crippen LogP contribution in [0, 0.1) is 17.0 Å². The number of carbonyl (C=O) groups is 1. The molecule has 0 aliphatic rings. The first-order chi connectivity index (χ1) is 14.0. The van der Waals surface area contributed by atoms with E-state index in [2.05, 4.69) is 10.3 Å². The molecule has 3 rings (SSSR count). The van der Waals surface area contributed by atoms with Gasteiger partial charge in [-0.05, 0) is 46.2 Å². The number of carbonyl (C=O) groups excluding carboxylic acids is 1. The minimum Gasteiger partial charge on any atom is -0.481 e. The van der Waals surface area contributed by atoms with E-state index in [0.29, 0.717) is 11.3 Å². The summed E-state index contributed by atoms with van der Waals surface area (Å²) in [5.41, 5.74) is 2.92. The van der Waals surface area contributed by atoms with E-state index in [-0.39, 0.29) is 24.8 Å². The van der Waals surface area contributed by atoms with Crippen molar-refractivity contribution < 1.29 is 19.2 Å². The monoisotopic (exact) mass is 393 g/mol. The van der Waals surface area contributed by atoms with Gasteiger partial charge in [0.15, 0.2) is 0 Å². The number of amides is 1. The highest BCUT2D eigenvalue weighted by Crippen LogP contribution is 2.27. The number of nitrogens with one attached hydrogen (secondary N) is 1. The SMILES string of the molecule is Cc1cccc(NC(=O)OCc2ccccc2)c1COc1cccnc1[N+](=O)[O-]. The number of anilines is 1. The van der Waals surface area contributed by atoms with Gasteiger partial charge >= 0.3 is 11.9 Å². The molecule has 0 aliphatic carbocycles. The summed E-state index contributed by atoms with van der Waals surface area (Å²) >= 11 is 0. The molecule has 0 aliphatic heterocycles. The van der Waals surface area contributed by atoms with Crippen LogP contribution in [0.5, 0.6) is 5.75 Å². The number of hydrogen-bond acceptors (Lipinski definition) is 6. The molecule has 8 nitrogen and oxygen atoms in total. The summed E-state index contributed by atoms with van der Waals surface area (Å²) in [6, 6.07) is 17.7. The summed E-state index contributed by atoms with van der Waals surface area (Å²) in [6.07, 6.45) is 0.724. The van der Waals surface area contributed by atoms with Crippen LogP contribution in [0.4, 0.5) is 16.3 Å². The molecule has 0 saturated heterocycles. The Morgan fingerprint density at radius 3 is 2.62 bits per heavy atom. The van der Waals surface area contributed by atoms with Gasteiger partial charge in [-0.15, -0.1) is 0 Å². The van der Waals surface area contributed by atoms with E-state index >= 15 is 0 Å². The number of nitro groups is 1. The predicted molar refractivity (Wildman–Crippen MR) is 107 cm³/mol. The average Bonchev–Trinajstić information content (AvgIpc) is 2.73. The van der Waals surface area contributed by atoms with Crippen molar-refractivity contribution in [2.75, 3.05) is 5.32 Å². The zero-order chi connectivity index (χ0) is 20.6. The Balaban J connectivity index is 1.69. The van der Waals surface area contributed by atoms with Gasteiger partial charge < -0.3 is 19.6 Å². The lowest BCUT2D eigenvalue weighted by Gasteiger charge is -2.14. The lowest BCUT2D eigenvalue weighted by atomic mass is 10.1. The molecule has 0 spiro atoms. The lowest BCUT2D eigenvalue weighted by Crippen LogP contribution is -2.16. The van der Waals surface area contributed by atoms with Crippen molar-refractivity contribution in [1.29, 1.82) is 0 Å². The maximum Gasteiger partial charge on any atom is 0.411 e. The topological polar surface area (TPSA) is 104 Å². The van der Waals surface area contributed by atoms with Gasteiger partial charge in [0.05, 0.1) is 5.69 Å². The smallest absolute Gasteiger partial charge is 0.411 e. The van der Waals surface area contributed by atoms with Crippen LogP contribution < -0.4 is 10.1 Å². The van der Waals surface area contributed by atoms with Gasteiger partial charge in [0, 0.05) is 5.56 Å². The summed E-state index contributed by atoms with van der Waals surface area (Å²) in [7, 11) is 0. The minimum atomic E-state index is -0.604. The summed E-state index contributed by atoms with van der Waals surface area (Å²) in [4.78, 5) is 26.4. The van der Waals surface area contributed by atoms with Crippen LogP contribution in [0.3, 0.4) is 0 Å². The fourth-order valence-corrected chi connectivity index (χ4v) is 2.66. The van der Waals surface area contributed by atoms with Gasteiger partial charge in [0.1, 0.15) is 19.4 Å². The molecule has 1 aromatic heterocycles. The van der Waals surface area contributed by atoms with E-state index in [1.165, 1.54) is 12.3 Å². The van der Waals surface area contributed by atoms with Crippen LogP contribution >= 0.6 is 0 Å². The van der Waals surface area contributed by atoms with E-state index in [9.17, 15) is 14.9 Å². The number of pyridine rings is 1. The standard InChI is InChI=1S/C21H19N3O5/c1-15-7-5-10-18(23-21(25)29-13-16-8-3-2-4-9-16)17(15)14-28-19-11-6-12-22-20(19)24(26)27/h2-12H,13-14H2,1H3,(H,23,25). The van der Waals surface area contributed by atoms with Gasteiger partial charge in [0.25, 0.3) is 0 Å². The maximum absolute atomic E-state index is 12.2. The van der Waals surface area contributed by atoms with Crippen molar-refractivity contribution in [3.63, 3.8) is 0 Å². The second kappa shape index (κ2) is 9.32. The van der Waals surface area contributed by atoms with E-state index in [4.69, 9.17) is 9.47 Å². The lowest BCUT2D eigenvalue weighted by molar-refractivity contribution is -0.390. The number of nitrogens with zero attached hydrogens (tertiary/aromatic N) is 2. The Morgan fingerprint density at radius 2 is 1.86 bits per heavy atom. The van der Waals surface area contributed by atoms with Gasteiger partial charge in [0.2, 0.25) is 5.75 Å². The third kappa shape index (κ3) is 5.29. The van der Waals surface area contributed by atoms with E-state index < -0.39 is 11.0 Å². The Labute approximate surface area is 167 Å². The van der Waals surface area contributed by atoms with Crippen LogP contribution in [0.25, 0.3) is 0 Å². The molecule has 8 heteroatoms. The van der Waals surface area contributed by atoms with E-state index in [1.807, 2.05) is 43.3 Å². The van der Waals surface area contributed by atoms with E-state index in [0.717, 1.165) is 11.1 Å². The Bertz CT molecular complexity index is 1010. The van der Waals surface area contributed by atoms with Crippen molar-refractivity contribution in [3.05, 3.63) is 93.7 Å². The first kappa shape index (κ1) is 19.8. The van der Waals surface area contributed by atoms with Crippen LogP contribution in [-0.4, -0.2) is 16.0 Å². The number of aromatic nitrogens is 1. The molecule has 2 aromatic carbocycles. The molecule has 0 atom stereocenters. The molecule has 1 N–H and O–H groups in total. The van der Waals surface area contributed by atoms with Crippen molar-refractivity contribution in [2.24, 2.45) is 0 Å². The molecule has 1 heterocycles. The van der Waals surface area contributed by atoms with Gasteiger partial charge in [-0.1, -0.05) is 42.5 Å². The quantitative estimate of drug-likeness (QED) is 0.464. The molecule has 148 valence electrons. The fourth-order valence-electron chi connectivity index (χ4n) is 2.66. The average molecular weight is 393 g/mol. The first-order valence-corrected chi connectivity index (χ1v) is 8.83. The van der Waals surface area contributed by atoms with Crippen LogP contribution in [0.1, 0.15) is 16.7 Å². The summed E-state index contributed by atoms with van der Waals surface area (Å²) in [5, 5.41) is 13.8. The van der Waals surface area contributed by atoms with Crippen molar-refractivity contribution in [1.82, 2.24) is 4.98 Å². The molecule has 0 bridgehead atoms. The molecule has 0 radical (unpaired) electrons. The number of rotatable bonds is 7. The first-order valence-electron chi connectivity index (χ1n) is 8.83. The summed E-state index contributed by atoms with van der Waals surface area (Å²) < 4.78 is 10.9. The second-order valence-electron chi connectivity index (χ2n) is 6.16. The number of ether oxygens (including phenoxy) is 2. The molecule has 0 saturated carbocycles. The molecule has 0 fully saturated rings. The second-order valence-corrected chi connectivity index (χ2v) is 6.16. The number of benzene rings is 2. The molecular weight excluding hydrogens is 374 g/mol. The Kier molecular flexibility index (Phi) is 6.36. The van der Waals surface area contributed by atoms with Crippen molar-refractivity contribution in [3.8, 4) is 5.75 Å².